The fourth-order valence-electron chi connectivity index (χ4n) is 2.63. The number of morpholine rings is 1. The van der Waals surface area contributed by atoms with E-state index in [4.69, 9.17) is 4.74 Å². The third-order valence-electron chi connectivity index (χ3n) is 3.87. The summed E-state index contributed by atoms with van der Waals surface area (Å²) in [4.78, 5) is 18.9. The number of rotatable bonds is 3. The van der Waals surface area contributed by atoms with Crippen molar-refractivity contribution in [2.45, 2.75) is 6.10 Å². The number of nitrogens with zero attached hydrogens (tertiary/aromatic N) is 3. The van der Waals surface area contributed by atoms with Gasteiger partial charge in [0.15, 0.2) is 0 Å². The van der Waals surface area contributed by atoms with E-state index in [-0.39, 0.29) is 12.0 Å². The summed E-state index contributed by atoms with van der Waals surface area (Å²) >= 11 is 0. The number of anilines is 1. The summed E-state index contributed by atoms with van der Waals surface area (Å²) in [6.45, 7) is 1.64. The normalized spacial score (nSPS) is 18.3. The van der Waals surface area contributed by atoms with E-state index in [2.05, 4.69) is 10.3 Å². The Hall–Kier alpha value is -2.34. The van der Waals surface area contributed by atoms with Crippen LogP contribution in [-0.2, 0) is 11.8 Å². The number of ether oxygens (including phenoxy) is 1. The van der Waals surface area contributed by atoms with Gasteiger partial charge >= 0.3 is 0 Å². The first-order valence-corrected chi connectivity index (χ1v) is 7.36. The first-order valence-electron chi connectivity index (χ1n) is 7.36. The number of amides is 1. The number of carbonyl (C=O) groups excluding carboxylic acids is 1. The summed E-state index contributed by atoms with van der Waals surface area (Å²) in [6.07, 6.45) is 1.69. The highest BCUT2D eigenvalue weighted by Crippen LogP contribution is 2.23. The van der Waals surface area contributed by atoms with Crippen molar-refractivity contribution in [2.24, 2.45) is 7.05 Å². The van der Waals surface area contributed by atoms with Gasteiger partial charge in [-0.2, -0.15) is 0 Å². The largest absolute Gasteiger partial charge is 0.373 e. The van der Waals surface area contributed by atoms with Gasteiger partial charge in [0.25, 0.3) is 5.91 Å². The van der Waals surface area contributed by atoms with Gasteiger partial charge in [0.05, 0.1) is 18.8 Å². The molecule has 0 radical (unpaired) electrons. The van der Waals surface area contributed by atoms with Crippen molar-refractivity contribution in [1.82, 2.24) is 14.5 Å². The average molecular weight is 300 g/mol. The molecule has 0 saturated carbocycles. The Morgan fingerprint density at radius 2 is 2.23 bits per heavy atom. The number of pyridine rings is 1. The number of aromatic nitrogens is 2. The minimum atomic E-state index is -0.189. The Labute approximate surface area is 129 Å². The molecule has 1 unspecified atom stereocenters. The topological polar surface area (TPSA) is 59.4 Å². The molecule has 1 atom stereocenters. The van der Waals surface area contributed by atoms with Crippen molar-refractivity contribution in [3.05, 3.63) is 47.9 Å². The highest BCUT2D eigenvalue weighted by atomic mass is 16.5. The first kappa shape index (κ1) is 14.6. The predicted molar refractivity (Wildman–Crippen MR) is 83.8 cm³/mol. The summed E-state index contributed by atoms with van der Waals surface area (Å²) in [5, 5.41) is 3.02. The predicted octanol–water partition coefficient (Wildman–Crippen LogP) is 1.68. The smallest absolute Gasteiger partial charge is 0.270 e. The van der Waals surface area contributed by atoms with Gasteiger partial charge in [-0.1, -0.05) is 6.07 Å². The van der Waals surface area contributed by atoms with Crippen molar-refractivity contribution in [3.8, 4) is 0 Å². The van der Waals surface area contributed by atoms with E-state index >= 15 is 0 Å². The molecular weight excluding hydrogens is 280 g/mol. The highest BCUT2D eigenvalue weighted by molar-refractivity contribution is 5.92. The van der Waals surface area contributed by atoms with Crippen LogP contribution in [0.1, 0.15) is 22.3 Å². The number of aryl methyl sites for hydroxylation is 1. The zero-order chi connectivity index (χ0) is 15.5. The van der Waals surface area contributed by atoms with Crippen molar-refractivity contribution in [2.75, 3.05) is 32.1 Å². The Bertz CT molecular complexity index is 668. The molecule has 1 aliphatic heterocycles. The van der Waals surface area contributed by atoms with Crippen molar-refractivity contribution in [3.63, 3.8) is 0 Å². The Balaban J connectivity index is 1.76. The van der Waals surface area contributed by atoms with Gasteiger partial charge in [-0.25, -0.2) is 4.98 Å². The maximum atomic E-state index is 12.6. The lowest BCUT2D eigenvalue weighted by Gasteiger charge is -2.32. The number of hydrogen-bond donors (Lipinski definition) is 1. The van der Waals surface area contributed by atoms with Crippen LogP contribution in [-0.4, -0.2) is 47.1 Å². The van der Waals surface area contributed by atoms with Crippen molar-refractivity contribution in [1.29, 1.82) is 0 Å². The van der Waals surface area contributed by atoms with Crippen LogP contribution in [0.2, 0.25) is 0 Å². The molecule has 0 aliphatic carbocycles. The monoisotopic (exact) mass is 300 g/mol. The molecule has 1 amide bonds. The molecule has 0 spiro atoms. The summed E-state index contributed by atoms with van der Waals surface area (Å²) < 4.78 is 7.64. The van der Waals surface area contributed by atoms with Crippen LogP contribution < -0.4 is 5.32 Å². The molecule has 1 fully saturated rings. The quantitative estimate of drug-likeness (QED) is 0.937. The molecule has 3 rings (SSSR count). The molecule has 6 nitrogen and oxygen atoms in total. The van der Waals surface area contributed by atoms with Gasteiger partial charge in [-0.3, -0.25) is 4.79 Å². The van der Waals surface area contributed by atoms with E-state index in [1.807, 2.05) is 60.1 Å². The minimum Gasteiger partial charge on any atom is -0.373 e. The number of nitrogens with one attached hydrogen (secondary N) is 1. The molecule has 6 heteroatoms. The Morgan fingerprint density at radius 1 is 1.36 bits per heavy atom. The van der Waals surface area contributed by atoms with E-state index in [0.29, 0.717) is 25.4 Å². The van der Waals surface area contributed by atoms with Crippen LogP contribution in [0.15, 0.2) is 36.5 Å². The lowest BCUT2D eigenvalue weighted by Crippen LogP contribution is -2.43. The molecular formula is C16H20N4O2. The second kappa shape index (κ2) is 6.19. The van der Waals surface area contributed by atoms with Gasteiger partial charge in [-0.05, 0) is 24.3 Å². The van der Waals surface area contributed by atoms with E-state index in [9.17, 15) is 4.79 Å². The molecule has 2 aromatic rings. The third-order valence-corrected chi connectivity index (χ3v) is 3.87. The van der Waals surface area contributed by atoms with Crippen LogP contribution in [0.4, 0.5) is 5.82 Å². The standard InChI is InChI=1S/C16H20N4O2/c1-17-15-7-3-5-12(18-15)14-11-20(9-10-22-14)16(21)13-6-4-8-19(13)2/h3-8,14H,9-11H2,1-2H3,(H,17,18). The maximum absolute atomic E-state index is 12.6. The summed E-state index contributed by atoms with van der Waals surface area (Å²) in [5.41, 5.74) is 1.54. The molecule has 0 bridgehead atoms. The number of hydrogen-bond acceptors (Lipinski definition) is 4. The second-order valence-electron chi connectivity index (χ2n) is 5.31. The lowest BCUT2D eigenvalue weighted by atomic mass is 10.1. The van der Waals surface area contributed by atoms with Crippen LogP contribution >= 0.6 is 0 Å². The van der Waals surface area contributed by atoms with Gasteiger partial charge < -0.3 is 19.5 Å². The molecule has 116 valence electrons. The van der Waals surface area contributed by atoms with Gasteiger partial charge in [0.2, 0.25) is 0 Å². The summed E-state index contributed by atoms with van der Waals surface area (Å²) in [7, 11) is 3.71. The maximum Gasteiger partial charge on any atom is 0.270 e. The molecule has 0 aromatic carbocycles. The van der Waals surface area contributed by atoms with E-state index in [1.54, 1.807) is 0 Å². The number of carbonyl (C=O) groups is 1. The molecule has 22 heavy (non-hydrogen) atoms. The fourth-order valence-corrected chi connectivity index (χ4v) is 2.63. The average Bonchev–Trinajstić information content (AvgIpc) is 3.00. The lowest BCUT2D eigenvalue weighted by molar-refractivity contribution is -0.0249. The zero-order valence-electron chi connectivity index (χ0n) is 12.8. The van der Waals surface area contributed by atoms with E-state index in [0.717, 1.165) is 11.5 Å². The second-order valence-corrected chi connectivity index (χ2v) is 5.31. The fraction of sp³-hybridized carbons (Fsp3) is 0.375. The minimum absolute atomic E-state index is 0.0329. The molecule has 3 heterocycles. The summed E-state index contributed by atoms with van der Waals surface area (Å²) in [6, 6.07) is 9.49. The van der Waals surface area contributed by atoms with Crippen molar-refractivity contribution < 1.29 is 9.53 Å². The van der Waals surface area contributed by atoms with Gasteiger partial charge in [0.1, 0.15) is 17.6 Å². The Morgan fingerprint density at radius 3 is 2.95 bits per heavy atom. The third kappa shape index (κ3) is 2.82. The van der Waals surface area contributed by atoms with E-state index < -0.39 is 0 Å². The Kier molecular flexibility index (Phi) is 4.11. The van der Waals surface area contributed by atoms with Crippen LogP contribution in [0.25, 0.3) is 0 Å². The summed E-state index contributed by atoms with van der Waals surface area (Å²) in [5.74, 6) is 0.831. The van der Waals surface area contributed by atoms with Gasteiger partial charge in [0, 0.05) is 26.8 Å². The van der Waals surface area contributed by atoms with Crippen molar-refractivity contribution >= 4 is 11.7 Å². The van der Waals surface area contributed by atoms with E-state index in [1.165, 1.54) is 0 Å². The molecule has 1 saturated heterocycles. The first-order chi connectivity index (χ1) is 10.7. The highest BCUT2D eigenvalue weighted by Gasteiger charge is 2.27. The van der Waals surface area contributed by atoms with Crippen LogP contribution in [0.3, 0.4) is 0 Å². The molecule has 2 aromatic heterocycles. The van der Waals surface area contributed by atoms with Crippen LogP contribution in [0, 0.1) is 0 Å². The van der Waals surface area contributed by atoms with Crippen LogP contribution in [0.5, 0.6) is 0 Å². The zero-order valence-corrected chi connectivity index (χ0v) is 12.8. The van der Waals surface area contributed by atoms with Gasteiger partial charge in [-0.15, -0.1) is 0 Å². The SMILES string of the molecule is CNc1cccc(C2CN(C(=O)c3cccn3C)CCO2)n1. The molecule has 1 N–H and O–H groups in total. The molecule has 1 aliphatic rings.